The van der Waals surface area contributed by atoms with Gasteiger partial charge in [-0.15, -0.1) is 0 Å². The zero-order valence-corrected chi connectivity index (χ0v) is 13.4. The quantitative estimate of drug-likeness (QED) is 0.455. The van der Waals surface area contributed by atoms with Crippen LogP contribution in [0.3, 0.4) is 0 Å². The van der Waals surface area contributed by atoms with Gasteiger partial charge in [0.25, 0.3) is 0 Å². The third kappa shape index (κ3) is 14.4. The fourth-order valence-electron chi connectivity index (χ4n) is 1.20. The topological polar surface area (TPSA) is 77.5 Å². The van der Waals surface area contributed by atoms with Crippen LogP contribution in [-0.2, 0) is 23.9 Å². The second-order valence-corrected chi connectivity index (χ2v) is 4.63. The Kier molecular flexibility index (Phi) is 13.5. The van der Waals surface area contributed by atoms with Crippen LogP contribution in [0, 0.1) is 5.92 Å². The fraction of sp³-hybridized carbons (Fsp3) is 0.625. The molecule has 0 aliphatic heterocycles. The number of esters is 1. The van der Waals surface area contributed by atoms with Crippen LogP contribution < -0.4 is 0 Å². The summed E-state index contributed by atoms with van der Waals surface area (Å²) in [5.41, 5.74) is 0. The molecule has 0 spiro atoms. The van der Waals surface area contributed by atoms with Crippen LogP contribution in [-0.4, -0.2) is 29.9 Å². The van der Waals surface area contributed by atoms with Crippen molar-refractivity contribution in [2.75, 3.05) is 6.61 Å². The molecule has 5 nitrogen and oxygen atoms in total. The summed E-state index contributed by atoms with van der Waals surface area (Å²) in [4.78, 5) is 41.3. The van der Waals surface area contributed by atoms with Gasteiger partial charge in [-0.2, -0.15) is 0 Å². The molecular formula is C16H26O5. The normalized spacial score (nSPS) is 16.7. The molecule has 21 heavy (non-hydrogen) atoms. The zero-order chi connectivity index (χ0) is 16.8. The summed E-state index contributed by atoms with van der Waals surface area (Å²) in [7, 11) is 0. The van der Waals surface area contributed by atoms with E-state index in [9.17, 15) is 19.2 Å². The van der Waals surface area contributed by atoms with Gasteiger partial charge in [-0.1, -0.05) is 20.4 Å². The van der Waals surface area contributed by atoms with Gasteiger partial charge in [-0.05, 0) is 20.3 Å². The van der Waals surface area contributed by atoms with Gasteiger partial charge in [-0.25, -0.2) is 4.79 Å². The lowest BCUT2D eigenvalue weighted by Gasteiger charge is -2.13. The number of carbonyl (C=O) groups is 4. The Morgan fingerprint density at radius 3 is 2.10 bits per heavy atom. The predicted octanol–water partition coefficient (Wildman–Crippen LogP) is 2.67. The SMILES string of the molecule is C=CC(=O)OCC.CC1CCC(=O)CC1=O.CCC(C)=O. The molecule has 0 aromatic carbocycles. The van der Waals surface area contributed by atoms with Crippen molar-refractivity contribution in [1.29, 1.82) is 0 Å². The average Bonchev–Trinajstić information content (AvgIpc) is 2.44. The van der Waals surface area contributed by atoms with E-state index in [1.54, 1.807) is 13.8 Å². The minimum Gasteiger partial charge on any atom is -0.463 e. The lowest BCUT2D eigenvalue weighted by Crippen LogP contribution is -2.22. The van der Waals surface area contributed by atoms with Gasteiger partial charge < -0.3 is 9.53 Å². The molecule has 0 N–H and O–H groups in total. The molecule has 0 radical (unpaired) electrons. The fourth-order valence-corrected chi connectivity index (χ4v) is 1.20. The molecule has 1 aliphatic carbocycles. The Bertz CT molecular complexity index is 371. The molecule has 1 fully saturated rings. The van der Waals surface area contributed by atoms with Crippen molar-refractivity contribution in [3.05, 3.63) is 12.7 Å². The van der Waals surface area contributed by atoms with Crippen LogP contribution in [0.2, 0.25) is 0 Å². The predicted molar refractivity (Wildman–Crippen MR) is 80.8 cm³/mol. The van der Waals surface area contributed by atoms with Gasteiger partial charge in [0.2, 0.25) is 0 Å². The molecule has 5 heteroatoms. The summed E-state index contributed by atoms with van der Waals surface area (Å²) >= 11 is 0. The Morgan fingerprint density at radius 2 is 1.86 bits per heavy atom. The number of rotatable bonds is 3. The van der Waals surface area contributed by atoms with Crippen molar-refractivity contribution in [3.8, 4) is 0 Å². The van der Waals surface area contributed by atoms with Gasteiger partial charge in [0, 0.05) is 24.8 Å². The number of carbonyl (C=O) groups excluding carboxylic acids is 4. The van der Waals surface area contributed by atoms with E-state index in [1.807, 2.05) is 13.8 Å². The molecule has 1 atom stereocenters. The molecule has 0 amide bonds. The lowest BCUT2D eigenvalue weighted by molar-refractivity contribution is -0.137. The van der Waals surface area contributed by atoms with Crippen molar-refractivity contribution in [2.45, 2.75) is 53.4 Å². The standard InChI is InChI=1S/C7H10O2.C5H8O2.C4H8O/c1-5-2-3-6(8)4-7(5)9;1-3-5(6)7-4-2;1-3-4(2)5/h5H,2-4H2,1H3;3H,1,4H2,2H3;3H2,1-2H3. The maximum absolute atomic E-state index is 10.8. The molecular weight excluding hydrogens is 272 g/mol. The maximum Gasteiger partial charge on any atom is 0.330 e. The Hall–Kier alpha value is -1.78. The third-order valence-electron chi connectivity index (χ3n) is 2.73. The van der Waals surface area contributed by atoms with Gasteiger partial charge >= 0.3 is 5.97 Å². The number of ether oxygens (including phenoxy) is 1. The number of Topliss-reactive ketones (excluding diaryl/α,β-unsaturated/α-hetero) is 3. The number of hydrogen-bond acceptors (Lipinski definition) is 5. The first-order valence-corrected chi connectivity index (χ1v) is 7.11. The van der Waals surface area contributed by atoms with E-state index in [1.165, 1.54) is 0 Å². The molecule has 1 rings (SSSR count). The number of hydrogen-bond donors (Lipinski definition) is 0. The van der Waals surface area contributed by atoms with Crippen molar-refractivity contribution >= 4 is 23.3 Å². The second kappa shape index (κ2) is 13.2. The van der Waals surface area contributed by atoms with Gasteiger partial charge in [0.05, 0.1) is 13.0 Å². The zero-order valence-electron chi connectivity index (χ0n) is 13.4. The van der Waals surface area contributed by atoms with Gasteiger partial charge in [0.1, 0.15) is 17.3 Å². The van der Waals surface area contributed by atoms with Crippen molar-refractivity contribution in [1.82, 2.24) is 0 Å². The minimum absolute atomic E-state index is 0.109. The summed E-state index contributed by atoms with van der Waals surface area (Å²) < 4.78 is 4.43. The minimum atomic E-state index is -0.359. The van der Waals surface area contributed by atoms with Crippen LogP contribution in [0.5, 0.6) is 0 Å². The van der Waals surface area contributed by atoms with Crippen LogP contribution in [0.1, 0.15) is 53.4 Å². The molecule has 1 saturated carbocycles. The summed E-state index contributed by atoms with van der Waals surface area (Å²) in [6.45, 7) is 10.7. The molecule has 1 aliphatic rings. The van der Waals surface area contributed by atoms with E-state index in [2.05, 4.69) is 11.3 Å². The highest BCUT2D eigenvalue weighted by Gasteiger charge is 2.22. The molecule has 1 unspecified atom stereocenters. The highest BCUT2D eigenvalue weighted by molar-refractivity contribution is 6.02. The largest absolute Gasteiger partial charge is 0.463 e. The van der Waals surface area contributed by atoms with Gasteiger partial charge in [-0.3, -0.25) is 9.59 Å². The van der Waals surface area contributed by atoms with E-state index in [0.717, 1.165) is 12.5 Å². The first kappa shape index (κ1) is 21.5. The van der Waals surface area contributed by atoms with E-state index >= 15 is 0 Å². The monoisotopic (exact) mass is 298 g/mol. The third-order valence-corrected chi connectivity index (χ3v) is 2.73. The molecule has 120 valence electrons. The smallest absolute Gasteiger partial charge is 0.330 e. The van der Waals surface area contributed by atoms with E-state index < -0.39 is 0 Å². The average molecular weight is 298 g/mol. The lowest BCUT2D eigenvalue weighted by atomic mass is 9.89. The Morgan fingerprint density at radius 1 is 1.33 bits per heavy atom. The van der Waals surface area contributed by atoms with Crippen LogP contribution in [0.15, 0.2) is 12.7 Å². The van der Waals surface area contributed by atoms with Crippen molar-refractivity contribution < 1.29 is 23.9 Å². The van der Waals surface area contributed by atoms with E-state index in [-0.39, 0.29) is 35.7 Å². The number of ketones is 3. The molecule has 0 saturated heterocycles. The second-order valence-electron chi connectivity index (χ2n) is 4.63. The first-order valence-electron chi connectivity index (χ1n) is 7.11. The summed E-state index contributed by atoms with van der Waals surface area (Å²) in [5, 5.41) is 0. The highest BCUT2D eigenvalue weighted by atomic mass is 16.5. The Labute approximate surface area is 126 Å². The van der Waals surface area contributed by atoms with Crippen LogP contribution in [0.4, 0.5) is 0 Å². The van der Waals surface area contributed by atoms with Crippen LogP contribution in [0.25, 0.3) is 0 Å². The van der Waals surface area contributed by atoms with Crippen LogP contribution >= 0.6 is 0 Å². The molecule has 0 aromatic rings. The Balaban J connectivity index is 0. The van der Waals surface area contributed by atoms with E-state index in [0.29, 0.717) is 19.4 Å². The summed E-state index contributed by atoms with van der Waals surface area (Å²) in [6.07, 6.45) is 3.36. The molecule has 0 aromatic heterocycles. The molecule has 0 heterocycles. The first-order chi connectivity index (χ1) is 9.78. The maximum atomic E-state index is 10.8. The summed E-state index contributed by atoms with van der Waals surface area (Å²) in [5.74, 6) is 0.250. The van der Waals surface area contributed by atoms with Crippen molar-refractivity contribution in [3.63, 3.8) is 0 Å². The summed E-state index contributed by atoms with van der Waals surface area (Å²) in [6, 6.07) is 0. The molecule has 0 bridgehead atoms. The van der Waals surface area contributed by atoms with Crippen molar-refractivity contribution in [2.24, 2.45) is 5.92 Å². The van der Waals surface area contributed by atoms with E-state index in [4.69, 9.17) is 0 Å². The highest BCUT2D eigenvalue weighted by Crippen LogP contribution is 2.16. The van der Waals surface area contributed by atoms with Gasteiger partial charge in [0.15, 0.2) is 0 Å².